The van der Waals surface area contributed by atoms with Crippen LogP contribution in [0.1, 0.15) is 29.4 Å². The second-order valence-corrected chi connectivity index (χ2v) is 3.95. The fourth-order valence-corrected chi connectivity index (χ4v) is 1.75. The van der Waals surface area contributed by atoms with E-state index < -0.39 is 0 Å². The Hall–Kier alpha value is -1.62. The van der Waals surface area contributed by atoms with Gasteiger partial charge in [0.15, 0.2) is 0 Å². The first-order chi connectivity index (χ1) is 8.63. The van der Waals surface area contributed by atoms with E-state index in [-0.39, 0.29) is 12.6 Å². The first-order valence-electron chi connectivity index (χ1n) is 6.05. The van der Waals surface area contributed by atoms with Gasteiger partial charge in [-0.05, 0) is 32.4 Å². The Bertz CT molecular complexity index is 407. The van der Waals surface area contributed by atoms with Crippen molar-refractivity contribution >= 4 is 11.8 Å². The maximum absolute atomic E-state index is 11.4. The molecule has 0 aliphatic rings. The summed E-state index contributed by atoms with van der Waals surface area (Å²) in [7, 11) is 1.36. The van der Waals surface area contributed by atoms with E-state index in [1.807, 2.05) is 6.92 Å². The summed E-state index contributed by atoms with van der Waals surface area (Å²) in [5.41, 5.74) is 1.14. The molecule has 1 heterocycles. The molecule has 1 aromatic rings. The molecule has 0 radical (unpaired) electrons. The minimum absolute atomic E-state index is 0.162. The zero-order valence-electron chi connectivity index (χ0n) is 11.1. The standard InChI is InChI=1S/C13H20N2O3/c1-4-15(8-5-9-16)12-7-6-11(10(2)14-12)13(17)18-3/h6-7,16H,4-5,8-9H2,1-3H3. The lowest BCUT2D eigenvalue weighted by Crippen LogP contribution is -2.26. The SMILES string of the molecule is CCN(CCCO)c1ccc(C(=O)OC)c(C)n1. The molecular weight excluding hydrogens is 232 g/mol. The molecule has 0 aliphatic carbocycles. The molecule has 0 amide bonds. The molecule has 5 nitrogen and oxygen atoms in total. The van der Waals surface area contributed by atoms with Crippen molar-refractivity contribution in [3.63, 3.8) is 0 Å². The van der Waals surface area contributed by atoms with Crippen LogP contribution in [-0.4, -0.2) is 42.9 Å². The molecule has 100 valence electrons. The Kier molecular flexibility index (Phi) is 5.58. The van der Waals surface area contributed by atoms with E-state index in [9.17, 15) is 4.79 Å². The van der Waals surface area contributed by atoms with Crippen molar-refractivity contribution in [2.24, 2.45) is 0 Å². The molecule has 0 aromatic carbocycles. The lowest BCUT2D eigenvalue weighted by atomic mass is 10.2. The number of aliphatic hydroxyl groups is 1. The van der Waals surface area contributed by atoms with Crippen molar-refractivity contribution in [1.82, 2.24) is 4.98 Å². The largest absolute Gasteiger partial charge is 0.465 e. The van der Waals surface area contributed by atoms with Gasteiger partial charge < -0.3 is 14.7 Å². The van der Waals surface area contributed by atoms with E-state index in [1.54, 1.807) is 19.1 Å². The second-order valence-electron chi connectivity index (χ2n) is 3.95. The third-order valence-electron chi connectivity index (χ3n) is 2.77. The third-order valence-corrected chi connectivity index (χ3v) is 2.77. The summed E-state index contributed by atoms with van der Waals surface area (Å²) in [5, 5.41) is 8.85. The number of aryl methyl sites for hydroxylation is 1. The molecule has 0 atom stereocenters. The van der Waals surface area contributed by atoms with Crippen LogP contribution in [0, 0.1) is 6.92 Å². The van der Waals surface area contributed by atoms with Crippen LogP contribution in [0.4, 0.5) is 5.82 Å². The highest BCUT2D eigenvalue weighted by Crippen LogP contribution is 2.15. The van der Waals surface area contributed by atoms with Crippen LogP contribution in [0.15, 0.2) is 12.1 Å². The molecule has 1 N–H and O–H groups in total. The maximum atomic E-state index is 11.4. The zero-order valence-corrected chi connectivity index (χ0v) is 11.1. The second kappa shape index (κ2) is 6.96. The van der Waals surface area contributed by atoms with E-state index in [1.165, 1.54) is 7.11 Å². The van der Waals surface area contributed by atoms with Gasteiger partial charge in [0, 0.05) is 19.7 Å². The van der Waals surface area contributed by atoms with Gasteiger partial charge in [-0.25, -0.2) is 9.78 Å². The highest BCUT2D eigenvalue weighted by Gasteiger charge is 2.12. The Morgan fingerprint density at radius 2 is 2.22 bits per heavy atom. The molecule has 0 bridgehead atoms. The quantitative estimate of drug-likeness (QED) is 0.775. The van der Waals surface area contributed by atoms with Crippen LogP contribution in [0.3, 0.4) is 0 Å². The van der Waals surface area contributed by atoms with Gasteiger partial charge in [-0.1, -0.05) is 0 Å². The number of nitrogens with zero attached hydrogens (tertiary/aromatic N) is 2. The number of hydrogen-bond acceptors (Lipinski definition) is 5. The fourth-order valence-electron chi connectivity index (χ4n) is 1.75. The Morgan fingerprint density at radius 1 is 1.50 bits per heavy atom. The minimum Gasteiger partial charge on any atom is -0.465 e. The predicted molar refractivity (Wildman–Crippen MR) is 69.9 cm³/mol. The average Bonchev–Trinajstić information content (AvgIpc) is 2.39. The van der Waals surface area contributed by atoms with Gasteiger partial charge in [0.1, 0.15) is 5.82 Å². The number of esters is 1. The molecular formula is C13H20N2O3. The molecule has 1 aromatic heterocycles. The van der Waals surface area contributed by atoms with Crippen LogP contribution in [0.5, 0.6) is 0 Å². The summed E-state index contributed by atoms with van der Waals surface area (Å²) in [5.74, 6) is 0.445. The number of pyridine rings is 1. The van der Waals surface area contributed by atoms with Gasteiger partial charge in [-0.15, -0.1) is 0 Å². The number of anilines is 1. The van der Waals surface area contributed by atoms with Crippen molar-refractivity contribution in [1.29, 1.82) is 0 Å². The number of carbonyl (C=O) groups excluding carboxylic acids is 1. The topological polar surface area (TPSA) is 62.7 Å². The van der Waals surface area contributed by atoms with Crippen molar-refractivity contribution in [3.8, 4) is 0 Å². The number of rotatable bonds is 6. The molecule has 0 spiro atoms. The third kappa shape index (κ3) is 3.43. The van der Waals surface area contributed by atoms with Gasteiger partial charge in [-0.3, -0.25) is 0 Å². The van der Waals surface area contributed by atoms with E-state index in [4.69, 9.17) is 5.11 Å². The molecule has 1 rings (SSSR count). The number of hydrogen-bond donors (Lipinski definition) is 1. The molecule has 0 fully saturated rings. The molecule has 0 saturated carbocycles. The van der Waals surface area contributed by atoms with Gasteiger partial charge >= 0.3 is 5.97 Å². The lowest BCUT2D eigenvalue weighted by molar-refractivity contribution is 0.0599. The Morgan fingerprint density at radius 3 is 2.72 bits per heavy atom. The van der Waals surface area contributed by atoms with Crippen molar-refractivity contribution in [3.05, 3.63) is 23.4 Å². The first kappa shape index (κ1) is 14.4. The number of carbonyl (C=O) groups is 1. The van der Waals surface area contributed by atoms with Crippen molar-refractivity contribution < 1.29 is 14.6 Å². The normalized spacial score (nSPS) is 10.2. The van der Waals surface area contributed by atoms with Crippen LogP contribution in [-0.2, 0) is 4.74 Å². The fraction of sp³-hybridized carbons (Fsp3) is 0.538. The highest BCUT2D eigenvalue weighted by molar-refractivity contribution is 5.90. The minimum atomic E-state index is -0.370. The Labute approximate surface area is 107 Å². The summed E-state index contributed by atoms with van der Waals surface area (Å²) < 4.78 is 4.68. The van der Waals surface area contributed by atoms with Gasteiger partial charge in [0.05, 0.1) is 18.4 Å². The summed E-state index contributed by atoms with van der Waals surface area (Å²) in [4.78, 5) is 17.9. The summed E-state index contributed by atoms with van der Waals surface area (Å²) in [6.07, 6.45) is 0.702. The van der Waals surface area contributed by atoms with Gasteiger partial charge in [-0.2, -0.15) is 0 Å². The van der Waals surface area contributed by atoms with E-state index in [0.717, 1.165) is 18.9 Å². The highest BCUT2D eigenvalue weighted by atomic mass is 16.5. The number of aromatic nitrogens is 1. The number of aliphatic hydroxyl groups excluding tert-OH is 1. The van der Waals surface area contributed by atoms with E-state index in [0.29, 0.717) is 17.7 Å². The van der Waals surface area contributed by atoms with Crippen LogP contribution >= 0.6 is 0 Å². The Balaban J connectivity index is 2.91. The first-order valence-corrected chi connectivity index (χ1v) is 6.05. The number of methoxy groups -OCH3 is 1. The maximum Gasteiger partial charge on any atom is 0.339 e. The zero-order chi connectivity index (χ0) is 13.5. The molecule has 0 aliphatic heterocycles. The predicted octanol–water partition coefficient (Wildman–Crippen LogP) is 1.39. The summed E-state index contributed by atoms with van der Waals surface area (Å²) in [6.45, 7) is 5.54. The summed E-state index contributed by atoms with van der Waals surface area (Å²) in [6, 6.07) is 3.53. The van der Waals surface area contributed by atoms with Crippen LogP contribution < -0.4 is 4.90 Å². The molecule has 5 heteroatoms. The average molecular weight is 252 g/mol. The lowest BCUT2D eigenvalue weighted by Gasteiger charge is -2.22. The van der Waals surface area contributed by atoms with Crippen LogP contribution in [0.2, 0.25) is 0 Å². The van der Waals surface area contributed by atoms with E-state index in [2.05, 4.69) is 14.6 Å². The monoisotopic (exact) mass is 252 g/mol. The van der Waals surface area contributed by atoms with Crippen molar-refractivity contribution in [2.75, 3.05) is 31.7 Å². The van der Waals surface area contributed by atoms with Gasteiger partial charge in [0.25, 0.3) is 0 Å². The van der Waals surface area contributed by atoms with Crippen LogP contribution in [0.25, 0.3) is 0 Å². The van der Waals surface area contributed by atoms with E-state index >= 15 is 0 Å². The summed E-state index contributed by atoms with van der Waals surface area (Å²) >= 11 is 0. The molecule has 18 heavy (non-hydrogen) atoms. The van der Waals surface area contributed by atoms with Crippen molar-refractivity contribution in [2.45, 2.75) is 20.3 Å². The smallest absolute Gasteiger partial charge is 0.339 e. The van der Waals surface area contributed by atoms with Gasteiger partial charge in [0.2, 0.25) is 0 Å². The number of ether oxygens (including phenoxy) is 1. The molecule has 0 unspecified atom stereocenters. The molecule has 0 saturated heterocycles.